The molecule has 4 amide bonds. The summed E-state index contributed by atoms with van der Waals surface area (Å²) in [5.41, 5.74) is -0.645. The molecule has 6 rings (SSSR count). The van der Waals surface area contributed by atoms with E-state index in [2.05, 4.69) is 16.0 Å². The molecular weight excluding hydrogens is 758 g/mol. The van der Waals surface area contributed by atoms with Gasteiger partial charge in [0, 0.05) is 25.4 Å². The average Bonchev–Trinajstić information content (AvgIpc) is 3.42. The predicted molar refractivity (Wildman–Crippen MR) is 200 cm³/mol. The van der Waals surface area contributed by atoms with E-state index in [-0.39, 0.29) is 44.2 Å². The van der Waals surface area contributed by atoms with Gasteiger partial charge >= 0.3 is 26.0 Å². The highest BCUT2D eigenvalue weighted by Gasteiger charge is 2.67. The minimum Gasteiger partial charge on any atom is -0.446 e. The smallest absolute Gasteiger partial charge is 0.416 e. The molecule has 0 spiro atoms. The number of ether oxygens (including phenoxy) is 2. The fraction of sp³-hybridized carbons (Fsp3) is 0.684. The summed E-state index contributed by atoms with van der Waals surface area (Å²) in [7, 11) is -4.42. The van der Waals surface area contributed by atoms with E-state index in [0.29, 0.717) is 50.9 Å². The van der Waals surface area contributed by atoms with Crippen molar-refractivity contribution in [1.29, 1.82) is 0 Å². The highest BCUT2D eigenvalue weighted by atomic mass is 31.2. The van der Waals surface area contributed by atoms with Crippen LogP contribution in [0.5, 0.6) is 0 Å². The van der Waals surface area contributed by atoms with Crippen LogP contribution < -0.4 is 20.9 Å². The molecule has 0 radical (unpaired) electrons. The molecule has 3 heterocycles. The number of allylic oxidation sites excluding steroid dienone is 1. The molecule has 2 unspecified atom stereocenters. The number of nitrogens with one attached hydrogen (secondary N) is 3. The molecule has 6 atom stereocenters. The molecule has 310 valence electrons. The van der Waals surface area contributed by atoms with Crippen LogP contribution in [0.15, 0.2) is 30.4 Å². The van der Waals surface area contributed by atoms with Crippen LogP contribution in [0, 0.1) is 5.92 Å². The molecule has 4 fully saturated rings. The third-order valence-electron chi connectivity index (χ3n) is 11.4. The molecule has 56 heavy (non-hydrogen) atoms. The molecule has 1 aromatic carbocycles. The van der Waals surface area contributed by atoms with E-state index in [1.54, 1.807) is 13.0 Å². The molecule has 0 bridgehead atoms. The molecular formula is C38H53F3N5O9P. The Hall–Kier alpha value is -3.82. The highest BCUT2D eigenvalue weighted by molar-refractivity contribution is 7.55. The summed E-state index contributed by atoms with van der Waals surface area (Å²) in [6, 6.07) is 0.738. The third kappa shape index (κ3) is 9.82. The van der Waals surface area contributed by atoms with E-state index in [1.807, 2.05) is 11.0 Å². The number of halogens is 3. The average molecular weight is 812 g/mol. The number of amides is 4. The van der Waals surface area contributed by atoms with Gasteiger partial charge in [-0.1, -0.05) is 25.0 Å². The summed E-state index contributed by atoms with van der Waals surface area (Å²) in [5.74, 6) is -1.91. The number of anilines is 2. The second-order valence-electron chi connectivity index (χ2n) is 15.4. The van der Waals surface area contributed by atoms with Gasteiger partial charge in [-0.15, -0.1) is 0 Å². The minimum atomic E-state index is -4.67. The quantitative estimate of drug-likeness (QED) is 0.161. The lowest BCUT2D eigenvalue weighted by Gasteiger charge is -2.31. The Morgan fingerprint density at radius 3 is 2.39 bits per heavy atom. The van der Waals surface area contributed by atoms with Gasteiger partial charge in [-0.25, -0.2) is 9.59 Å². The molecule has 3 aliphatic heterocycles. The second-order valence-corrected chi connectivity index (χ2v) is 17.5. The van der Waals surface area contributed by atoms with E-state index in [4.69, 9.17) is 14.0 Å². The van der Waals surface area contributed by atoms with Gasteiger partial charge in [0.1, 0.15) is 29.6 Å². The number of benzene rings is 1. The summed E-state index contributed by atoms with van der Waals surface area (Å²) in [6.07, 6.45) is 4.55. The fourth-order valence-electron chi connectivity index (χ4n) is 8.36. The molecule has 14 nitrogen and oxygen atoms in total. The van der Waals surface area contributed by atoms with Gasteiger partial charge in [0.2, 0.25) is 11.8 Å². The Morgan fingerprint density at radius 2 is 1.68 bits per heavy atom. The Balaban J connectivity index is 1.25. The lowest BCUT2D eigenvalue weighted by Crippen LogP contribution is -2.55. The van der Waals surface area contributed by atoms with Crippen molar-refractivity contribution >= 4 is 43.0 Å². The number of nitrogens with zero attached hydrogens (tertiary/aromatic N) is 2. The highest BCUT2D eigenvalue weighted by Crippen LogP contribution is 2.70. The molecule has 5 aliphatic rings. The zero-order valence-electron chi connectivity index (χ0n) is 31.7. The van der Waals surface area contributed by atoms with Crippen LogP contribution in [0.2, 0.25) is 0 Å². The SMILES string of the molecule is CCOP(=O)(O)C12C[C@H]1/C=C\CCCCC[C@H](NC(=O)OC1CCCC1)C(=O)N1C[C@H](OC(=O)Nc3cc(C(F)(F)F)ccc3N3CCCCC3)C[C@H]1C(=O)N2. The Labute approximate surface area is 324 Å². The molecule has 4 N–H and O–H groups in total. The third-order valence-corrected chi connectivity index (χ3v) is 13.7. The summed E-state index contributed by atoms with van der Waals surface area (Å²) < 4.78 is 71.4. The Kier molecular flexibility index (Phi) is 13.3. The summed E-state index contributed by atoms with van der Waals surface area (Å²) in [5, 5.41) is 6.28. The minimum absolute atomic E-state index is 0.0867. The number of alkyl carbamates (subject to hydrolysis) is 1. The van der Waals surface area contributed by atoms with E-state index in [0.717, 1.165) is 50.7 Å². The monoisotopic (exact) mass is 811 g/mol. The first kappa shape index (κ1) is 41.8. The normalized spacial score (nSPS) is 29.4. The van der Waals surface area contributed by atoms with Crippen molar-refractivity contribution < 1.29 is 55.8 Å². The van der Waals surface area contributed by atoms with Gasteiger partial charge in [0.05, 0.1) is 30.1 Å². The summed E-state index contributed by atoms with van der Waals surface area (Å²) in [6.45, 7) is 2.37. The maximum absolute atomic E-state index is 14.4. The lowest BCUT2D eigenvalue weighted by atomic mass is 10.0. The number of rotatable bonds is 8. The standard InChI is InChI=1S/C38H53F3N5O9P/c1-2-53-56(51,52)37-23-26(37)13-7-4-3-5-8-16-29(42-35(49)54-27-14-9-10-15-27)34(48)46-24-28(22-32(46)33(47)44-37)55-36(50)43-30-21-25(38(39,40)41)17-18-31(30)45-19-11-6-12-20-45/h7,13,17-18,21,26-29,32H,2-6,8-12,14-16,19-20,22-24H2,1H3,(H,42,49)(H,43,50)(H,44,47)(H,51,52)/b13-7-/t26-,28-,29+,32+,37?/m1/s1. The topological polar surface area (TPSA) is 176 Å². The predicted octanol–water partition coefficient (Wildman–Crippen LogP) is 6.83. The zero-order valence-corrected chi connectivity index (χ0v) is 32.6. The van der Waals surface area contributed by atoms with E-state index >= 15 is 0 Å². The molecule has 0 aromatic heterocycles. The fourth-order valence-corrected chi connectivity index (χ4v) is 10.1. The van der Waals surface area contributed by atoms with Crippen molar-refractivity contribution in [3.63, 3.8) is 0 Å². The largest absolute Gasteiger partial charge is 0.446 e. The summed E-state index contributed by atoms with van der Waals surface area (Å²) >= 11 is 0. The first-order chi connectivity index (χ1) is 26.7. The van der Waals surface area contributed by atoms with Crippen molar-refractivity contribution in [2.45, 2.75) is 133 Å². The molecule has 2 saturated heterocycles. The molecule has 2 saturated carbocycles. The van der Waals surface area contributed by atoms with Crippen molar-refractivity contribution in [3.8, 4) is 0 Å². The second kappa shape index (κ2) is 17.8. The van der Waals surface area contributed by atoms with E-state index < -0.39 is 72.7 Å². The number of hydrogen-bond acceptors (Lipinski definition) is 9. The van der Waals surface area contributed by atoms with Gasteiger partial charge in [-0.2, -0.15) is 13.2 Å². The van der Waals surface area contributed by atoms with Crippen LogP contribution in [-0.4, -0.2) is 89.6 Å². The van der Waals surface area contributed by atoms with Crippen molar-refractivity contribution in [2.75, 3.05) is 36.5 Å². The maximum Gasteiger partial charge on any atom is 0.416 e. The number of fused-ring (bicyclic) bond motifs is 2. The van der Waals surface area contributed by atoms with Gasteiger partial charge in [-0.3, -0.25) is 19.5 Å². The van der Waals surface area contributed by atoms with Crippen molar-refractivity contribution in [2.24, 2.45) is 5.92 Å². The number of hydrogen-bond donors (Lipinski definition) is 4. The first-order valence-electron chi connectivity index (χ1n) is 19.9. The van der Waals surface area contributed by atoms with Gasteiger partial charge in [0.25, 0.3) is 0 Å². The van der Waals surface area contributed by atoms with Crippen molar-refractivity contribution in [1.82, 2.24) is 15.5 Å². The molecule has 18 heteroatoms. The van der Waals surface area contributed by atoms with Crippen LogP contribution in [0.1, 0.15) is 102 Å². The van der Waals surface area contributed by atoms with Crippen molar-refractivity contribution in [3.05, 3.63) is 35.9 Å². The molecule has 1 aromatic rings. The van der Waals surface area contributed by atoms with Crippen LogP contribution in [0.3, 0.4) is 0 Å². The summed E-state index contributed by atoms with van der Waals surface area (Å²) in [4.78, 5) is 69.3. The number of carbonyl (C=O) groups excluding carboxylic acids is 4. The Morgan fingerprint density at radius 1 is 0.982 bits per heavy atom. The van der Waals surface area contributed by atoms with Crippen LogP contribution in [0.4, 0.5) is 34.1 Å². The number of piperidine rings is 1. The first-order valence-corrected chi connectivity index (χ1v) is 21.5. The lowest BCUT2D eigenvalue weighted by molar-refractivity contribution is -0.140. The van der Waals surface area contributed by atoms with Gasteiger partial charge in [0.15, 0.2) is 0 Å². The van der Waals surface area contributed by atoms with Crippen LogP contribution in [0.25, 0.3) is 0 Å². The van der Waals surface area contributed by atoms with Crippen LogP contribution in [-0.2, 0) is 34.3 Å². The zero-order chi connectivity index (χ0) is 40.1. The Bertz CT molecular complexity index is 1690. The number of carbonyl (C=O) groups is 4. The maximum atomic E-state index is 14.4. The van der Waals surface area contributed by atoms with Gasteiger partial charge < -0.3 is 39.3 Å². The van der Waals surface area contributed by atoms with Gasteiger partial charge in [-0.05, 0) is 95.8 Å². The number of alkyl halides is 3. The van der Waals surface area contributed by atoms with Crippen LogP contribution >= 0.6 is 7.60 Å². The van der Waals surface area contributed by atoms with E-state index in [9.17, 15) is 41.8 Å². The van der Waals surface area contributed by atoms with E-state index in [1.165, 1.54) is 11.0 Å². The molecule has 2 aliphatic carbocycles.